The van der Waals surface area contributed by atoms with Crippen molar-refractivity contribution in [1.82, 2.24) is 4.90 Å². The lowest BCUT2D eigenvalue weighted by atomic mass is 9.95. The van der Waals surface area contributed by atoms with Crippen LogP contribution in [0.25, 0.3) is 5.76 Å². The van der Waals surface area contributed by atoms with Crippen molar-refractivity contribution in [3.63, 3.8) is 0 Å². The monoisotopic (exact) mass is 463 g/mol. The van der Waals surface area contributed by atoms with E-state index in [1.807, 2.05) is 6.92 Å². The van der Waals surface area contributed by atoms with Crippen LogP contribution in [0.15, 0.2) is 70.9 Å². The van der Waals surface area contributed by atoms with Crippen LogP contribution in [-0.2, 0) is 16.1 Å². The van der Waals surface area contributed by atoms with Crippen LogP contribution >= 0.6 is 0 Å². The predicted molar refractivity (Wildman–Crippen MR) is 124 cm³/mol. The summed E-state index contributed by atoms with van der Waals surface area (Å²) >= 11 is 0. The third kappa shape index (κ3) is 4.22. The molecule has 1 aromatic heterocycles. The fourth-order valence-electron chi connectivity index (χ4n) is 4.01. The number of hydrogen-bond donors (Lipinski definition) is 1. The van der Waals surface area contributed by atoms with E-state index in [0.29, 0.717) is 40.7 Å². The smallest absolute Gasteiger partial charge is 0.296 e. The summed E-state index contributed by atoms with van der Waals surface area (Å²) in [7, 11) is 2.98. The number of ketones is 1. The van der Waals surface area contributed by atoms with Crippen LogP contribution in [-0.4, -0.2) is 42.5 Å². The predicted octanol–water partition coefficient (Wildman–Crippen LogP) is 4.32. The summed E-state index contributed by atoms with van der Waals surface area (Å²) in [5.74, 6) is 0.225. The molecule has 2 aromatic carbocycles. The van der Waals surface area contributed by atoms with Crippen LogP contribution in [0.5, 0.6) is 17.2 Å². The number of amides is 1. The van der Waals surface area contributed by atoms with Crippen LogP contribution in [0.1, 0.15) is 29.9 Å². The van der Waals surface area contributed by atoms with Crippen LogP contribution in [0.3, 0.4) is 0 Å². The highest BCUT2D eigenvalue weighted by Crippen LogP contribution is 2.41. The number of aliphatic hydroxyl groups is 1. The molecule has 0 radical (unpaired) electrons. The summed E-state index contributed by atoms with van der Waals surface area (Å²) in [6.45, 7) is 2.46. The molecule has 0 aliphatic carbocycles. The van der Waals surface area contributed by atoms with E-state index in [1.165, 1.54) is 25.4 Å². The van der Waals surface area contributed by atoms with Crippen molar-refractivity contribution in [3.8, 4) is 17.2 Å². The number of rotatable bonds is 8. The molecule has 2 heterocycles. The standard InChI is InChI=1S/C26H25NO7/c1-4-33-18-10-7-16(8-11-18)23-22(24(28)17-9-12-20(31-2)21(14-17)32-3)25(29)26(30)27(23)15-19-6-5-13-34-19/h5-14,23,28H,4,15H2,1-3H3. The summed E-state index contributed by atoms with van der Waals surface area (Å²) in [5, 5.41) is 11.2. The van der Waals surface area contributed by atoms with Gasteiger partial charge in [-0.05, 0) is 55.0 Å². The Hall–Kier alpha value is -4.20. The number of ether oxygens (including phenoxy) is 3. The molecule has 0 saturated carbocycles. The van der Waals surface area contributed by atoms with Crippen molar-refractivity contribution < 1.29 is 33.3 Å². The fraction of sp³-hybridized carbons (Fsp3) is 0.231. The fourth-order valence-corrected chi connectivity index (χ4v) is 4.01. The molecule has 176 valence electrons. The van der Waals surface area contributed by atoms with Gasteiger partial charge in [0.05, 0.1) is 45.2 Å². The van der Waals surface area contributed by atoms with Crippen molar-refractivity contribution in [1.29, 1.82) is 0 Å². The number of carbonyl (C=O) groups is 2. The number of aliphatic hydroxyl groups excluding tert-OH is 1. The van der Waals surface area contributed by atoms with E-state index in [0.717, 1.165) is 0 Å². The summed E-state index contributed by atoms with van der Waals surface area (Å²) in [6.07, 6.45) is 1.50. The van der Waals surface area contributed by atoms with Crippen LogP contribution < -0.4 is 14.2 Å². The van der Waals surface area contributed by atoms with Gasteiger partial charge in [0, 0.05) is 5.56 Å². The summed E-state index contributed by atoms with van der Waals surface area (Å²) in [6, 6.07) is 14.5. The zero-order valence-corrected chi connectivity index (χ0v) is 19.1. The highest BCUT2D eigenvalue weighted by Gasteiger charge is 2.46. The molecule has 1 N–H and O–H groups in total. The van der Waals surface area contributed by atoms with Gasteiger partial charge in [-0.1, -0.05) is 12.1 Å². The molecule has 8 nitrogen and oxygen atoms in total. The Bertz CT molecular complexity index is 1210. The lowest BCUT2D eigenvalue weighted by Gasteiger charge is -2.24. The number of carbonyl (C=O) groups excluding carboxylic acids is 2. The second kappa shape index (κ2) is 9.74. The van der Waals surface area contributed by atoms with E-state index in [9.17, 15) is 14.7 Å². The van der Waals surface area contributed by atoms with Gasteiger partial charge in [-0.2, -0.15) is 0 Å². The molecule has 3 aromatic rings. The number of benzene rings is 2. The van der Waals surface area contributed by atoms with Gasteiger partial charge in [-0.15, -0.1) is 0 Å². The summed E-state index contributed by atoms with van der Waals surface area (Å²) in [5.41, 5.74) is 0.953. The highest BCUT2D eigenvalue weighted by molar-refractivity contribution is 6.46. The van der Waals surface area contributed by atoms with Crippen LogP contribution in [0.4, 0.5) is 0 Å². The molecule has 1 saturated heterocycles. The van der Waals surface area contributed by atoms with Gasteiger partial charge in [0.25, 0.3) is 11.7 Å². The first-order valence-electron chi connectivity index (χ1n) is 10.7. The van der Waals surface area contributed by atoms with Crippen molar-refractivity contribution in [2.45, 2.75) is 19.5 Å². The lowest BCUT2D eigenvalue weighted by Crippen LogP contribution is -2.29. The Kier molecular flexibility index (Phi) is 6.58. The third-order valence-corrected chi connectivity index (χ3v) is 5.61. The van der Waals surface area contributed by atoms with Gasteiger partial charge in [0.2, 0.25) is 0 Å². The van der Waals surface area contributed by atoms with Gasteiger partial charge in [-0.25, -0.2) is 0 Å². The molecule has 1 fully saturated rings. The number of hydrogen-bond acceptors (Lipinski definition) is 7. The van der Waals surface area contributed by atoms with Gasteiger partial charge in [-0.3, -0.25) is 9.59 Å². The Morgan fingerprint density at radius 3 is 2.38 bits per heavy atom. The number of methoxy groups -OCH3 is 2. The van der Waals surface area contributed by atoms with Crippen molar-refractivity contribution in [2.24, 2.45) is 0 Å². The van der Waals surface area contributed by atoms with Crippen LogP contribution in [0.2, 0.25) is 0 Å². The van der Waals surface area contributed by atoms with E-state index >= 15 is 0 Å². The van der Waals surface area contributed by atoms with Crippen molar-refractivity contribution in [2.75, 3.05) is 20.8 Å². The first-order chi connectivity index (χ1) is 16.5. The van der Waals surface area contributed by atoms with Crippen molar-refractivity contribution in [3.05, 3.63) is 83.3 Å². The second-order valence-corrected chi connectivity index (χ2v) is 7.58. The van der Waals surface area contributed by atoms with E-state index in [4.69, 9.17) is 18.6 Å². The summed E-state index contributed by atoms with van der Waals surface area (Å²) in [4.78, 5) is 27.6. The zero-order chi connectivity index (χ0) is 24.2. The number of furan rings is 1. The number of nitrogens with zero attached hydrogens (tertiary/aromatic N) is 1. The molecule has 0 bridgehead atoms. The summed E-state index contributed by atoms with van der Waals surface area (Å²) < 4.78 is 21.5. The molecular formula is C26H25NO7. The number of likely N-dealkylation sites (tertiary alicyclic amines) is 1. The first-order valence-corrected chi connectivity index (χ1v) is 10.7. The minimum atomic E-state index is -0.825. The van der Waals surface area contributed by atoms with Crippen LogP contribution in [0, 0.1) is 0 Å². The minimum absolute atomic E-state index is 0.0204. The van der Waals surface area contributed by atoms with Gasteiger partial charge in [0.15, 0.2) is 11.5 Å². The number of Topliss-reactive ketones (excluding diaryl/α,β-unsaturated/α-hetero) is 1. The lowest BCUT2D eigenvalue weighted by molar-refractivity contribution is -0.140. The van der Waals surface area contributed by atoms with E-state index in [2.05, 4.69) is 0 Å². The minimum Gasteiger partial charge on any atom is -0.507 e. The average molecular weight is 463 g/mol. The molecular weight excluding hydrogens is 438 g/mol. The molecule has 0 spiro atoms. The van der Waals surface area contributed by atoms with E-state index in [1.54, 1.807) is 54.6 Å². The quantitative estimate of drug-likeness (QED) is 0.302. The Morgan fingerprint density at radius 2 is 1.76 bits per heavy atom. The SMILES string of the molecule is CCOc1ccc(C2C(=C(O)c3ccc(OC)c(OC)c3)C(=O)C(=O)N2Cc2ccco2)cc1. The topological polar surface area (TPSA) is 98.4 Å². The van der Waals surface area contributed by atoms with Gasteiger partial charge >= 0.3 is 0 Å². The second-order valence-electron chi connectivity index (χ2n) is 7.58. The van der Waals surface area contributed by atoms with Gasteiger partial charge < -0.3 is 28.6 Å². The largest absolute Gasteiger partial charge is 0.507 e. The molecule has 4 rings (SSSR count). The molecule has 34 heavy (non-hydrogen) atoms. The zero-order valence-electron chi connectivity index (χ0n) is 19.1. The molecule has 1 unspecified atom stereocenters. The maximum absolute atomic E-state index is 13.2. The first kappa shape index (κ1) is 23.0. The maximum Gasteiger partial charge on any atom is 0.296 e. The average Bonchev–Trinajstić information content (AvgIpc) is 3.46. The molecule has 1 amide bonds. The molecule has 1 aliphatic heterocycles. The molecule has 1 atom stereocenters. The molecule has 8 heteroatoms. The van der Waals surface area contributed by atoms with Gasteiger partial charge in [0.1, 0.15) is 17.3 Å². The Balaban J connectivity index is 1.84. The highest BCUT2D eigenvalue weighted by atomic mass is 16.5. The Labute approximate surface area is 197 Å². The van der Waals surface area contributed by atoms with E-state index < -0.39 is 17.7 Å². The van der Waals surface area contributed by atoms with Crippen molar-refractivity contribution >= 4 is 17.4 Å². The molecule has 1 aliphatic rings. The van der Waals surface area contributed by atoms with E-state index in [-0.39, 0.29) is 17.9 Å². The Morgan fingerprint density at radius 1 is 1.03 bits per heavy atom. The normalized spacial score (nSPS) is 17.1. The third-order valence-electron chi connectivity index (χ3n) is 5.61. The maximum atomic E-state index is 13.2.